The number of para-hydroxylation sites is 1. The lowest BCUT2D eigenvalue weighted by Gasteiger charge is -2.40. The SMILES string of the molecule is CC1CCC(C(C)C)C(C(Oc2ccccc2)C(=O)O)C1. The van der Waals surface area contributed by atoms with Gasteiger partial charge in [-0.1, -0.05) is 45.4 Å². The Morgan fingerprint density at radius 2 is 1.86 bits per heavy atom. The third-order valence-corrected chi connectivity index (χ3v) is 4.71. The topological polar surface area (TPSA) is 46.5 Å². The summed E-state index contributed by atoms with van der Waals surface area (Å²) >= 11 is 0. The molecule has 1 aromatic rings. The summed E-state index contributed by atoms with van der Waals surface area (Å²) in [6, 6.07) is 9.30. The molecule has 0 spiro atoms. The smallest absolute Gasteiger partial charge is 0.345 e. The van der Waals surface area contributed by atoms with Crippen LogP contribution in [0.15, 0.2) is 30.3 Å². The molecule has 0 aliphatic heterocycles. The van der Waals surface area contributed by atoms with E-state index >= 15 is 0 Å². The van der Waals surface area contributed by atoms with Gasteiger partial charge < -0.3 is 9.84 Å². The van der Waals surface area contributed by atoms with Crippen molar-refractivity contribution in [2.24, 2.45) is 23.7 Å². The van der Waals surface area contributed by atoms with Crippen LogP contribution in [0.25, 0.3) is 0 Å². The largest absolute Gasteiger partial charge is 0.478 e. The van der Waals surface area contributed by atoms with E-state index in [-0.39, 0.29) is 5.92 Å². The average molecular weight is 290 g/mol. The van der Waals surface area contributed by atoms with Crippen molar-refractivity contribution in [3.63, 3.8) is 0 Å². The van der Waals surface area contributed by atoms with Crippen LogP contribution in [0, 0.1) is 23.7 Å². The van der Waals surface area contributed by atoms with Crippen LogP contribution in [0.5, 0.6) is 5.75 Å². The molecule has 1 aromatic carbocycles. The summed E-state index contributed by atoms with van der Waals surface area (Å²) in [5.74, 6) is 1.38. The number of aliphatic carboxylic acids is 1. The van der Waals surface area contributed by atoms with Crippen LogP contribution >= 0.6 is 0 Å². The van der Waals surface area contributed by atoms with Gasteiger partial charge in [-0.05, 0) is 42.7 Å². The van der Waals surface area contributed by atoms with Crippen molar-refractivity contribution in [2.45, 2.75) is 46.1 Å². The Balaban J connectivity index is 2.20. The molecular formula is C18H26O3. The van der Waals surface area contributed by atoms with Gasteiger partial charge in [0.1, 0.15) is 5.75 Å². The van der Waals surface area contributed by atoms with E-state index < -0.39 is 12.1 Å². The minimum absolute atomic E-state index is 0.0893. The molecule has 0 bridgehead atoms. The lowest BCUT2D eigenvalue weighted by atomic mass is 9.68. The highest BCUT2D eigenvalue weighted by molar-refractivity contribution is 5.73. The first-order chi connectivity index (χ1) is 9.99. The predicted molar refractivity (Wildman–Crippen MR) is 83.3 cm³/mol. The normalized spacial score (nSPS) is 27.3. The molecular weight excluding hydrogens is 264 g/mol. The van der Waals surface area contributed by atoms with Crippen molar-refractivity contribution < 1.29 is 14.6 Å². The number of carbonyl (C=O) groups is 1. The van der Waals surface area contributed by atoms with Crippen molar-refractivity contribution in [1.82, 2.24) is 0 Å². The zero-order chi connectivity index (χ0) is 15.4. The number of carboxylic acid groups (broad SMARTS) is 1. The number of benzene rings is 1. The summed E-state index contributed by atoms with van der Waals surface area (Å²) in [4.78, 5) is 11.8. The summed E-state index contributed by atoms with van der Waals surface area (Å²) in [6.45, 7) is 6.59. The van der Waals surface area contributed by atoms with Gasteiger partial charge in [0, 0.05) is 5.92 Å². The molecule has 4 atom stereocenters. The Morgan fingerprint density at radius 3 is 2.43 bits per heavy atom. The minimum Gasteiger partial charge on any atom is -0.478 e. The fourth-order valence-electron chi connectivity index (χ4n) is 3.59. The Hall–Kier alpha value is -1.51. The molecule has 1 fully saturated rings. The monoisotopic (exact) mass is 290 g/mol. The molecule has 4 unspecified atom stereocenters. The molecule has 3 heteroatoms. The number of rotatable bonds is 5. The third kappa shape index (κ3) is 3.99. The van der Waals surface area contributed by atoms with Crippen LogP contribution in [0.2, 0.25) is 0 Å². The molecule has 1 aliphatic carbocycles. The number of ether oxygens (including phenoxy) is 1. The van der Waals surface area contributed by atoms with Gasteiger partial charge in [0.25, 0.3) is 0 Å². The zero-order valence-electron chi connectivity index (χ0n) is 13.2. The lowest BCUT2D eigenvalue weighted by molar-refractivity contribution is -0.150. The van der Waals surface area contributed by atoms with Crippen molar-refractivity contribution >= 4 is 5.97 Å². The van der Waals surface area contributed by atoms with Crippen molar-refractivity contribution in [2.75, 3.05) is 0 Å². The van der Waals surface area contributed by atoms with Gasteiger partial charge in [0.2, 0.25) is 0 Å². The standard InChI is InChI=1S/C18H26O3/c1-12(2)15-10-9-13(3)11-16(15)17(18(19)20)21-14-7-5-4-6-8-14/h4-8,12-13,15-17H,9-11H2,1-3H3,(H,19,20). The molecule has 3 nitrogen and oxygen atoms in total. The van der Waals surface area contributed by atoms with Crippen LogP contribution < -0.4 is 4.74 Å². The molecule has 1 N–H and O–H groups in total. The quantitative estimate of drug-likeness (QED) is 0.883. The molecule has 2 rings (SSSR count). The van der Waals surface area contributed by atoms with E-state index in [2.05, 4.69) is 20.8 Å². The Morgan fingerprint density at radius 1 is 1.19 bits per heavy atom. The second kappa shape index (κ2) is 6.97. The summed E-state index contributed by atoms with van der Waals surface area (Å²) in [7, 11) is 0. The molecule has 116 valence electrons. The van der Waals surface area contributed by atoms with Gasteiger partial charge in [0.15, 0.2) is 6.10 Å². The number of carboxylic acids is 1. The summed E-state index contributed by atoms with van der Waals surface area (Å²) in [6.07, 6.45) is 2.48. The van der Waals surface area contributed by atoms with E-state index in [1.807, 2.05) is 30.3 Å². The Bertz CT molecular complexity index is 455. The molecule has 0 amide bonds. The van der Waals surface area contributed by atoms with Gasteiger partial charge >= 0.3 is 5.97 Å². The molecule has 0 heterocycles. The second-order valence-corrected chi connectivity index (χ2v) is 6.68. The highest BCUT2D eigenvalue weighted by atomic mass is 16.5. The van der Waals surface area contributed by atoms with E-state index in [0.29, 0.717) is 23.5 Å². The van der Waals surface area contributed by atoms with Crippen LogP contribution in [-0.2, 0) is 4.79 Å². The Labute approximate surface area is 127 Å². The van der Waals surface area contributed by atoms with Gasteiger partial charge in [-0.25, -0.2) is 4.79 Å². The van der Waals surface area contributed by atoms with E-state index in [1.165, 1.54) is 6.42 Å². The molecule has 1 aliphatic rings. The van der Waals surface area contributed by atoms with E-state index in [1.54, 1.807) is 0 Å². The van der Waals surface area contributed by atoms with Crippen molar-refractivity contribution in [3.05, 3.63) is 30.3 Å². The Kier molecular flexibility index (Phi) is 5.27. The first-order valence-electron chi connectivity index (χ1n) is 7.93. The third-order valence-electron chi connectivity index (χ3n) is 4.71. The average Bonchev–Trinajstić information content (AvgIpc) is 2.45. The zero-order valence-corrected chi connectivity index (χ0v) is 13.2. The fourth-order valence-corrected chi connectivity index (χ4v) is 3.59. The molecule has 21 heavy (non-hydrogen) atoms. The van der Waals surface area contributed by atoms with Crippen LogP contribution in [-0.4, -0.2) is 17.2 Å². The second-order valence-electron chi connectivity index (χ2n) is 6.68. The summed E-state index contributed by atoms with van der Waals surface area (Å²) in [5.41, 5.74) is 0. The van der Waals surface area contributed by atoms with Gasteiger partial charge in [0.05, 0.1) is 0 Å². The summed E-state index contributed by atoms with van der Waals surface area (Å²) < 4.78 is 5.84. The maximum absolute atomic E-state index is 11.8. The number of hydrogen-bond acceptors (Lipinski definition) is 2. The van der Waals surface area contributed by atoms with Gasteiger partial charge in [-0.3, -0.25) is 0 Å². The maximum atomic E-state index is 11.8. The lowest BCUT2D eigenvalue weighted by Crippen LogP contribution is -2.43. The highest BCUT2D eigenvalue weighted by Gasteiger charge is 2.40. The van der Waals surface area contributed by atoms with Crippen LogP contribution in [0.4, 0.5) is 0 Å². The summed E-state index contributed by atoms with van der Waals surface area (Å²) in [5, 5.41) is 9.65. The molecule has 0 aromatic heterocycles. The van der Waals surface area contributed by atoms with E-state index in [4.69, 9.17) is 4.74 Å². The molecule has 0 radical (unpaired) electrons. The van der Waals surface area contributed by atoms with Crippen LogP contribution in [0.3, 0.4) is 0 Å². The fraction of sp³-hybridized carbons (Fsp3) is 0.611. The van der Waals surface area contributed by atoms with Gasteiger partial charge in [-0.15, -0.1) is 0 Å². The predicted octanol–water partition coefficient (Wildman–Crippen LogP) is 4.23. The van der Waals surface area contributed by atoms with Crippen molar-refractivity contribution in [3.8, 4) is 5.75 Å². The van der Waals surface area contributed by atoms with Gasteiger partial charge in [-0.2, -0.15) is 0 Å². The van der Waals surface area contributed by atoms with Crippen molar-refractivity contribution in [1.29, 1.82) is 0 Å². The highest BCUT2D eigenvalue weighted by Crippen LogP contribution is 2.40. The first-order valence-corrected chi connectivity index (χ1v) is 7.93. The molecule has 0 saturated heterocycles. The molecule has 1 saturated carbocycles. The van der Waals surface area contributed by atoms with E-state index in [9.17, 15) is 9.90 Å². The number of hydrogen-bond donors (Lipinski definition) is 1. The first kappa shape index (κ1) is 15.9. The maximum Gasteiger partial charge on any atom is 0.345 e. The minimum atomic E-state index is -0.844. The van der Waals surface area contributed by atoms with E-state index in [0.717, 1.165) is 12.8 Å². The van der Waals surface area contributed by atoms with Crippen LogP contribution in [0.1, 0.15) is 40.0 Å².